The summed E-state index contributed by atoms with van der Waals surface area (Å²) in [5, 5.41) is 14.0. The van der Waals surface area contributed by atoms with Crippen LogP contribution in [-0.4, -0.2) is 60.3 Å². The van der Waals surface area contributed by atoms with Crippen molar-refractivity contribution in [3.63, 3.8) is 0 Å². The third-order valence-corrected chi connectivity index (χ3v) is 4.03. The van der Waals surface area contributed by atoms with Gasteiger partial charge in [-0.25, -0.2) is 9.59 Å². The van der Waals surface area contributed by atoms with Crippen molar-refractivity contribution in [2.24, 2.45) is 0 Å². The van der Waals surface area contributed by atoms with Crippen molar-refractivity contribution in [2.45, 2.75) is 77.0 Å². The van der Waals surface area contributed by atoms with Crippen LogP contribution in [0.15, 0.2) is 0 Å². The Morgan fingerprint density at radius 1 is 1.04 bits per heavy atom. The topological polar surface area (TPSA) is 131 Å². The van der Waals surface area contributed by atoms with Crippen LogP contribution in [0.2, 0.25) is 0 Å². The minimum Gasteiger partial charge on any atom is -0.464 e. The molecule has 0 aromatic carbocycles. The molecule has 2 saturated heterocycles. The molecule has 154 valence electrons. The summed E-state index contributed by atoms with van der Waals surface area (Å²) < 4.78 is 9.39. The van der Waals surface area contributed by atoms with Crippen molar-refractivity contribution in [1.82, 2.24) is 10.6 Å². The third kappa shape index (κ3) is 9.37. The molecule has 0 radical (unpaired) electrons. The van der Waals surface area contributed by atoms with Crippen molar-refractivity contribution in [1.29, 1.82) is 0 Å². The van der Waals surface area contributed by atoms with Crippen molar-refractivity contribution in [3.8, 4) is 0 Å². The van der Waals surface area contributed by atoms with Gasteiger partial charge >= 0.3 is 11.9 Å². The summed E-state index contributed by atoms with van der Waals surface area (Å²) in [6.07, 6.45) is 4.02. The van der Waals surface area contributed by atoms with E-state index in [1.54, 1.807) is 0 Å². The van der Waals surface area contributed by atoms with Crippen LogP contribution in [0.4, 0.5) is 0 Å². The molecule has 9 heteroatoms. The summed E-state index contributed by atoms with van der Waals surface area (Å²) in [6.45, 7) is 4.40. The molecule has 2 aliphatic heterocycles. The fourth-order valence-corrected chi connectivity index (χ4v) is 2.58. The lowest BCUT2D eigenvalue weighted by molar-refractivity contribution is -0.141. The number of carbonyl (C=O) groups is 4. The van der Waals surface area contributed by atoms with E-state index in [9.17, 15) is 19.2 Å². The van der Waals surface area contributed by atoms with Gasteiger partial charge in [0.15, 0.2) is 0 Å². The van der Waals surface area contributed by atoms with Crippen LogP contribution >= 0.6 is 0 Å². The zero-order valence-corrected chi connectivity index (χ0v) is 16.0. The zero-order valence-electron chi connectivity index (χ0n) is 16.0. The van der Waals surface area contributed by atoms with Gasteiger partial charge in [0, 0.05) is 19.3 Å². The number of aliphatic hydroxyl groups is 1. The molecular weight excluding hydrogens is 356 g/mol. The number of amides is 2. The van der Waals surface area contributed by atoms with Gasteiger partial charge < -0.3 is 25.2 Å². The second-order valence-corrected chi connectivity index (χ2v) is 6.66. The summed E-state index contributed by atoms with van der Waals surface area (Å²) in [5.74, 6) is -1.05. The van der Waals surface area contributed by atoms with Gasteiger partial charge in [-0.3, -0.25) is 9.59 Å². The number of cyclic esters (lactones) is 2. The van der Waals surface area contributed by atoms with E-state index < -0.39 is 18.2 Å². The maximum Gasteiger partial charge on any atom is 0.328 e. The van der Waals surface area contributed by atoms with E-state index in [1.165, 1.54) is 6.92 Å². The zero-order chi connectivity index (χ0) is 20.2. The number of aliphatic hydroxyl groups excluding tert-OH is 1. The fourth-order valence-electron chi connectivity index (χ4n) is 2.58. The Morgan fingerprint density at radius 2 is 1.56 bits per heavy atom. The predicted molar refractivity (Wildman–Crippen MR) is 95.5 cm³/mol. The first-order chi connectivity index (χ1) is 12.8. The van der Waals surface area contributed by atoms with Crippen LogP contribution in [0.25, 0.3) is 0 Å². The number of nitrogens with one attached hydrogen (secondary N) is 2. The van der Waals surface area contributed by atoms with Crippen molar-refractivity contribution in [3.05, 3.63) is 0 Å². The highest BCUT2D eigenvalue weighted by atomic mass is 16.5. The molecule has 2 fully saturated rings. The monoisotopic (exact) mass is 386 g/mol. The van der Waals surface area contributed by atoms with Gasteiger partial charge in [0.25, 0.3) is 0 Å². The Kier molecular flexibility index (Phi) is 10.4. The molecule has 3 N–H and O–H groups in total. The molecule has 0 bridgehead atoms. The number of ether oxygens (including phenoxy) is 2. The molecule has 3 atom stereocenters. The first kappa shape index (κ1) is 22.9. The first-order valence-corrected chi connectivity index (χ1v) is 9.43. The summed E-state index contributed by atoms with van der Waals surface area (Å²) >= 11 is 0. The average Bonchev–Trinajstić information content (AvgIpc) is 3.17. The molecule has 0 aliphatic carbocycles. The number of carbonyl (C=O) groups excluding carboxylic acids is 4. The molecule has 2 amide bonds. The Bertz CT molecular complexity index is 522. The van der Waals surface area contributed by atoms with E-state index in [2.05, 4.69) is 22.3 Å². The highest BCUT2D eigenvalue weighted by Gasteiger charge is 2.28. The van der Waals surface area contributed by atoms with Crippen LogP contribution in [0.5, 0.6) is 0 Å². The second-order valence-electron chi connectivity index (χ2n) is 6.66. The van der Waals surface area contributed by atoms with Crippen LogP contribution in [0, 0.1) is 0 Å². The normalized spacial score (nSPS) is 22.2. The number of unbranched alkanes of at least 4 members (excludes halogenated alkanes) is 2. The Balaban J connectivity index is 0.000000271. The molecule has 2 heterocycles. The van der Waals surface area contributed by atoms with Gasteiger partial charge in [-0.2, -0.15) is 0 Å². The number of rotatable bonds is 8. The molecule has 9 nitrogen and oxygen atoms in total. The lowest BCUT2D eigenvalue weighted by atomic mass is 10.2. The Hall–Kier alpha value is -2.16. The van der Waals surface area contributed by atoms with E-state index in [0.717, 1.165) is 19.3 Å². The summed E-state index contributed by atoms with van der Waals surface area (Å²) in [7, 11) is 0. The SMILES string of the molecule is CC(O)CC(=O)N[C@H]1CCOC1=O.CCCCCC(=O)NC1CCOC1=O. The van der Waals surface area contributed by atoms with Gasteiger partial charge in [-0.05, 0) is 13.3 Å². The van der Waals surface area contributed by atoms with Crippen molar-refractivity contribution < 1.29 is 33.8 Å². The van der Waals surface area contributed by atoms with Gasteiger partial charge in [-0.15, -0.1) is 0 Å². The van der Waals surface area contributed by atoms with Gasteiger partial charge in [-0.1, -0.05) is 19.8 Å². The minimum absolute atomic E-state index is 0.0176. The maximum atomic E-state index is 11.3. The largest absolute Gasteiger partial charge is 0.464 e. The van der Waals surface area contributed by atoms with Gasteiger partial charge in [0.2, 0.25) is 11.8 Å². The smallest absolute Gasteiger partial charge is 0.328 e. The lowest BCUT2D eigenvalue weighted by Crippen LogP contribution is -2.39. The van der Waals surface area contributed by atoms with Crippen LogP contribution < -0.4 is 10.6 Å². The Morgan fingerprint density at radius 3 is 1.96 bits per heavy atom. The standard InChI is InChI=1S/C10H17NO3.C8H13NO4/c1-2-3-4-5-9(12)11-8-6-7-14-10(8)13;1-5(10)4-7(11)9-6-2-3-13-8(6)12/h8H,2-7H2,1H3,(H,11,12);5-6,10H,2-4H2,1H3,(H,9,11)/t;5?,6-/m.0/s1. The number of hydrogen-bond donors (Lipinski definition) is 3. The molecule has 0 saturated carbocycles. The molecular formula is C18H30N2O7. The highest BCUT2D eigenvalue weighted by Crippen LogP contribution is 2.07. The maximum absolute atomic E-state index is 11.3. The summed E-state index contributed by atoms with van der Waals surface area (Å²) in [5.41, 5.74) is 0. The van der Waals surface area contributed by atoms with E-state index in [-0.39, 0.29) is 30.2 Å². The number of hydrogen-bond acceptors (Lipinski definition) is 7. The molecule has 2 unspecified atom stereocenters. The van der Waals surface area contributed by atoms with E-state index >= 15 is 0 Å². The molecule has 0 aromatic heterocycles. The lowest BCUT2D eigenvalue weighted by Gasteiger charge is -2.09. The fraction of sp³-hybridized carbons (Fsp3) is 0.778. The third-order valence-electron chi connectivity index (χ3n) is 4.03. The van der Waals surface area contributed by atoms with Crippen molar-refractivity contribution >= 4 is 23.8 Å². The molecule has 0 spiro atoms. The van der Waals surface area contributed by atoms with Crippen LogP contribution in [-0.2, 0) is 28.7 Å². The van der Waals surface area contributed by atoms with Crippen LogP contribution in [0.3, 0.4) is 0 Å². The minimum atomic E-state index is -0.683. The van der Waals surface area contributed by atoms with Crippen LogP contribution in [0.1, 0.15) is 58.8 Å². The molecule has 0 aromatic rings. The quantitative estimate of drug-likeness (QED) is 0.401. The summed E-state index contributed by atoms with van der Waals surface area (Å²) in [6, 6.07) is -0.921. The highest BCUT2D eigenvalue weighted by molar-refractivity contribution is 5.86. The Labute approximate surface area is 159 Å². The van der Waals surface area contributed by atoms with E-state index in [0.29, 0.717) is 32.5 Å². The van der Waals surface area contributed by atoms with Crippen molar-refractivity contribution in [2.75, 3.05) is 13.2 Å². The second kappa shape index (κ2) is 12.3. The molecule has 2 aliphatic rings. The molecule has 2 rings (SSSR count). The number of esters is 2. The first-order valence-electron chi connectivity index (χ1n) is 9.43. The molecule has 27 heavy (non-hydrogen) atoms. The summed E-state index contributed by atoms with van der Waals surface area (Å²) in [4.78, 5) is 44.3. The van der Waals surface area contributed by atoms with Gasteiger partial charge in [0.1, 0.15) is 12.1 Å². The average molecular weight is 386 g/mol. The van der Waals surface area contributed by atoms with E-state index in [1.807, 2.05) is 0 Å². The van der Waals surface area contributed by atoms with Gasteiger partial charge in [0.05, 0.1) is 25.7 Å². The van der Waals surface area contributed by atoms with E-state index in [4.69, 9.17) is 9.84 Å². The predicted octanol–water partition coefficient (Wildman–Crippen LogP) is 0.187.